The molecule has 1 nitrogen and oxygen atoms in total. The lowest BCUT2D eigenvalue weighted by atomic mass is 10.9. The Hall–Kier alpha value is 0.460. The molecule has 0 N–H and O–H groups in total. The summed E-state index contributed by atoms with van der Waals surface area (Å²) in [6, 6.07) is 0. The van der Waals surface area contributed by atoms with Crippen molar-refractivity contribution in [3.05, 3.63) is 0 Å². The minimum atomic E-state index is -2.56. The van der Waals surface area contributed by atoms with Crippen LogP contribution >= 0.6 is 10.7 Å². The summed E-state index contributed by atoms with van der Waals surface area (Å²) >= 11 is 0. The lowest BCUT2D eigenvalue weighted by Gasteiger charge is -1.95. The Labute approximate surface area is 47.3 Å². The molecule has 0 saturated carbocycles. The van der Waals surface area contributed by atoms with Crippen LogP contribution in [0.3, 0.4) is 0 Å². The lowest BCUT2D eigenvalue weighted by Crippen LogP contribution is -2.06. The van der Waals surface area contributed by atoms with Gasteiger partial charge in [0.1, 0.15) is 0 Å². The molecule has 0 aromatic heterocycles. The quantitative estimate of drug-likeness (QED) is 0.539. The van der Waals surface area contributed by atoms with Crippen molar-refractivity contribution in [1.29, 1.82) is 0 Å². The van der Waals surface area contributed by atoms with E-state index in [2.05, 4.69) is 10.7 Å². The molecule has 0 aromatic carbocycles. The maximum Gasteiger partial charge on any atom is 0.284 e. The van der Waals surface area contributed by atoms with Crippen LogP contribution < -0.4 is 0 Å². The highest BCUT2D eigenvalue weighted by atomic mass is 35.7. The van der Waals surface area contributed by atoms with Gasteiger partial charge in [0.15, 0.2) is 16.4 Å². The Morgan fingerprint density at radius 3 is 2.14 bits per heavy atom. The molecule has 0 fully saturated rings. The molecule has 0 radical (unpaired) electrons. The summed E-state index contributed by atoms with van der Waals surface area (Å²) in [5.74, 6) is -0.735. The largest absolute Gasteiger partial charge is 0.599 e. The summed E-state index contributed by atoms with van der Waals surface area (Å²) in [6.07, 6.45) is -2.56. The Bertz CT molecular complexity index is 45.0. The highest BCUT2D eigenvalue weighted by Crippen LogP contribution is 2.02. The third-order valence-electron chi connectivity index (χ3n) is 0.257. The zero-order valence-corrected chi connectivity index (χ0v) is 4.81. The molecule has 1 atom stereocenters. The zero-order valence-electron chi connectivity index (χ0n) is 3.23. The Morgan fingerprint density at radius 1 is 1.71 bits per heavy atom. The topological polar surface area (TPSA) is 23.1 Å². The average Bonchev–Trinajstić information content (AvgIpc) is 1.27. The minimum absolute atomic E-state index is 0.735. The summed E-state index contributed by atoms with van der Waals surface area (Å²) in [7, 11) is 2.79. The van der Waals surface area contributed by atoms with Gasteiger partial charge >= 0.3 is 0 Å². The Morgan fingerprint density at radius 2 is 2.14 bits per heavy atom. The molecule has 0 rings (SSSR count). The predicted molar refractivity (Wildman–Crippen MR) is 24.9 cm³/mol. The van der Waals surface area contributed by atoms with E-state index in [0.717, 1.165) is 0 Å². The fraction of sp³-hybridized carbons (Fsp3) is 1.00. The van der Waals surface area contributed by atoms with E-state index in [9.17, 15) is 13.3 Å². The average molecular weight is 149 g/mol. The van der Waals surface area contributed by atoms with E-state index < -0.39 is 22.6 Å². The molecule has 7 heavy (non-hydrogen) atoms. The standard InChI is InChI=1S/C2H3ClF2OS/c3-7(6)1-2(4)5/h2H,1H2. The van der Waals surface area contributed by atoms with Gasteiger partial charge in [0.2, 0.25) is 0 Å². The molecular formula is C2H3ClF2OS. The van der Waals surface area contributed by atoms with Gasteiger partial charge in [-0.1, -0.05) is 0 Å². The van der Waals surface area contributed by atoms with Gasteiger partial charge in [-0.25, -0.2) is 8.78 Å². The SMILES string of the molecule is [O-][S+](Cl)CC(F)F. The van der Waals surface area contributed by atoms with Crippen LogP contribution in [-0.4, -0.2) is 16.7 Å². The summed E-state index contributed by atoms with van der Waals surface area (Å²) in [4.78, 5) is 0. The summed E-state index contributed by atoms with van der Waals surface area (Å²) in [5, 5.41) is 0. The molecule has 0 spiro atoms. The third kappa shape index (κ3) is 6.46. The van der Waals surface area contributed by atoms with Crippen molar-refractivity contribution in [2.75, 3.05) is 5.75 Å². The lowest BCUT2D eigenvalue weighted by molar-refractivity contribution is 0.175. The highest BCUT2D eigenvalue weighted by molar-refractivity contribution is 8.13. The smallest absolute Gasteiger partial charge is 0.284 e. The van der Waals surface area contributed by atoms with Crippen LogP contribution in [0.2, 0.25) is 0 Å². The van der Waals surface area contributed by atoms with Crippen molar-refractivity contribution in [3.8, 4) is 0 Å². The van der Waals surface area contributed by atoms with Crippen molar-refractivity contribution < 1.29 is 13.3 Å². The van der Waals surface area contributed by atoms with E-state index in [1.165, 1.54) is 0 Å². The molecule has 44 valence electrons. The first kappa shape index (κ1) is 7.46. The van der Waals surface area contributed by atoms with E-state index in [4.69, 9.17) is 0 Å². The third-order valence-corrected chi connectivity index (χ3v) is 1.15. The molecule has 5 heteroatoms. The molecule has 0 aliphatic heterocycles. The van der Waals surface area contributed by atoms with Gasteiger partial charge in [0.25, 0.3) is 6.43 Å². The van der Waals surface area contributed by atoms with E-state index in [1.807, 2.05) is 0 Å². The summed E-state index contributed by atoms with van der Waals surface area (Å²) in [6.45, 7) is 0. The molecule has 0 aliphatic carbocycles. The van der Waals surface area contributed by atoms with Crippen molar-refractivity contribution >= 4 is 21.1 Å². The second-order valence-corrected chi connectivity index (χ2v) is 2.79. The first-order valence-electron chi connectivity index (χ1n) is 1.45. The number of halogens is 3. The zero-order chi connectivity index (χ0) is 5.86. The number of hydrogen-bond acceptors (Lipinski definition) is 1. The van der Waals surface area contributed by atoms with Gasteiger partial charge in [-0.15, -0.1) is 0 Å². The van der Waals surface area contributed by atoms with Gasteiger partial charge < -0.3 is 4.55 Å². The minimum Gasteiger partial charge on any atom is -0.599 e. The molecule has 0 amide bonds. The van der Waals surface area contributed by atoms with Gasteiger partial charge in [-0.3, -0.25) is 0 Å². The molecular weight excluding hydrogens is 146 g/mol. The fourth-order valence-electron chi connectivity index (χ4n) is 0.0991. The van der Waals surface area contributed by atoms with Gasteiger partial charge in [-0.05, 0) is 0 Å². The van der Waals surface area contributed by atoms with E-state index in [1.54, 1.807) is 0 Å². The maximum atomic E-state index is 11.0. The fourth-order valence-corrected chi connectivity index (χ4v) is 0.583. The second kappa shape index (κ2) is 3.46. The van der Waals surface area contributed by atoms with Crippen molar-refractivity contribution in [3.63, 3.8) is 0 Å². The predicted octanol–water partition coefficient (Wildman–Crippen LogP) is 1.15. The normalized spacial score (nSPS) is 15.0. The maximum absolute atomic E-state index is 11.0. The Balaban J connectivity index is 2.95. The van der Waals surface area contributed by atoms with Crippen molar-refractivity contribution in [2.45, 2.75) is 6.43 Å². The Kier molecular flexibility index (Phi) is 3.69. The highest BCUT2D eigenvalue weighted by Gasteiger charge is 2.11. The van der Waals surface area contributed by atoms with Crippen LogP contribution in [0.15, 0.2) is 0 Å². The summed E-state index contributed by atoms with van der Waals surface area (Å²) in [5.41, 5.74) is 0. The first-order chi connectivity index (χ1) is 3.13. The molecule has 0 saturated heterocycles. The number of alkyl halides is 2. The van der Waals surface area contributed by atoms with E-state index >= 15 is 0 Å². The summed E-state index contributed by atoms with van der Waals surface area (Å²) < 4.78 is 31.7. The molecule has 0 bridgehead atoms. The van der Waals surface area contributed by atoms with Crippen LogP contribution in [-0.2, 0) is 10.4 Å². The first-order valence-corrected chi connectivity index (χ1v) is 3.60. The molecule has 1 unspecified atom stereocenters. The molecule has 0 aromatic rings. The molecule has 0 aliphatic rings. The van der Waals surface area contributed by atoms with Gasteiger partial charge in [0, 0.05) is 0 Å². The van der Waals surface area contributed by atoms with Crippen molar-refractivity contribution in [1.82, 2.24) is 0 Å². The van der Waals surface area contributed by atoms with Crippen molar-refractivity contribution in [2.24, 2.45) is 0 Å². The van der Waals surface area contributed by atoms with Gasteiger partial charge in [0.05, 0.1) is 10.4 Å². The van der Waals surface area contributed by atoms with Crippen LogP contribution in [0.5, 0.6) is 0 Å². The van der Waals surface area contributed by atoms with E-state index in [-0.39, 0.29) is 0 Å². The van der Waals surface area contributed by atoms with Crippen LogP contribution in [0.25, 0.3) is 0 Å². The van der Waals surface area contributed by atoms with Gasteiger partial charge in [-0.2, -0.15) is 0 Å². The van der Waals surface area contributed by atoms with E-state index in [0.29, 0.717) is 0 Å². The molecule has 0 heterocycles. The van der Waals surface area contributed by atoms with Crippen LogP contribution in [0.4, 0.5) is 8.78 Å². The monoisotopic (exact) mass is 148 g/mol. The number of hydrogen-bond donors (Lipinski definition) is 0. The van der Waals surface area contributed by atoms with Crippen LogP contribution in [0.1, 0.15) is 0 Å². The second-order valence-electron chi connectivity index (χ2n) is 0.848. The number of rotatable bonds is 2. The van der Waals surface area contributed by atoms with Crippen LogP contribution in [0, 0.1) is 0 Å².